The van der Waals surface area contributed by atoms with E-state index in [9.17, 15) is 13.6 Å². The zero-order valence-electron chi connectivity index (χ0n) is 13.1. The first-order chi connectivity index (χ1) is 10.4. The number of halogens is 2. The van der Waals surface area contributed by atoms with Crippen molar-refractivity contribution in [1.29, 1.82) is 0 Å². The molecule has 0 bridgehead atoms. The minimum absolute atomic E-state index is 0.199. The molecule has 1 aliphatic heterocycles. The standard InChI is InChI=1S/C16H23F2N3O/c1-16(2,18)12-20-6-8-21(9-7-20)15(22)19-14-5-3-4-13(10-14)11-17/h3-5,10H,6-9,11-12H2,1-2H3,(H,19,22). The van der Waals surface area contributed by atoms with E-state index in [0.29, 0.717) is 44.0 Å². The number of amides is 2. The Kier molecular flexibility index (Phi) is 5.34. The van der Waals surface area contributed by atoms with Crippen LogP contribution in [0.2, 0.25) is 0 Å². The molecular weight excluding hydrogens is 288 g/mol. The molecule has 0 aromatic heterocycles. The number of hydrogen-bond donors (Lipinski definition) is 1. The molecule has 2 amide bonds. The summed E-state index contributed by atoms with van der Waals surface area (Å²) in [5, 5.41) is 2.78. The second-order valence-electron chi connectivity index (χ2n) is 6.25. The molecule has 2 rings (SSSR count). The van der Waals surface area contributed by atoms with Gasteiger partial charge in [0.25, 0.3) is 0 Å². The molecule has 0 radical (unpaired) electrons. The van der Waals surface area contributed by atoms with E-state index in [2.05, 4.69) is 5.32 Å². The zero-order chi connectivity index (χ0) is 16.2. The van der Waals surface area contributed by atoms with Crippen molar-refractivity contribution in [3.05, 3.63) is 29.8 Å². The van der Waals surface area contributed by atoms with Gasteiger partial charge in [0.15, 0.2) is 0 Å². The topological polar surface area (TPSA) is 35.6 Å². The van der Waals surface area contributed by atoms with E-state index >= 15 is 0 Å². The van der Waals surface area contributed by atoms with Crippen molar-refractivity contribution in [3.63, 3.8) is 0 Å². The summed E-state index contributed by atoms with van der Waals surface area (Å²) in [5.74, 6) is 0. The molecule has 0 saturated carbocycles. The van der Waals surface area contributed by atoms with Crippen molar-refractivity contribution in [2.24, 2.45) is 0 Å². The van der Waals surface area contributed by atoms with Crippen molar-refractivity contribution in [2.75, 3.05) is 38.0 Å². The van der Waals surface area contributed by atoms with Crippen LogP contribution < -0.4 is 5.32 Å². The maximum Gasteiger partial charge on any atom is 0.321 e. The van der Waals surface area contributed by atoms with Crippen molar-refractivity contribution in [3.8, 4) is 0 Å². The van der Waals surface area contributed by atoms with Gasteiger partial charge >= 0.3 is 6.03 Å². The molecule has 0 spiro atoms. The van der Waals surface area contributed by atoms with Gasteiger partial charge in [0.05, 0.1) is 0 Å². The van der Waals surface area contributed by atoms with Crippen LogP contribution in [0.3, 0.4) is 0 Å². The molecule has 0 aliphatic carbocycles. The Bertz CT molecular complexity index is 508. The smallest absolute Gasteiger partial charge is 0.321 e. The largest absolute Gasteiger partial charge is 0.322 e. The normalized spacial score (nSPS) is 16.6. The lowest BCUT2D eigenvalue weighted by atomic mass is 10.1. The molecule has 6 heteroatoms. The lowest BCUT2D eigenvalue weighted by molar-refractivity contribution is 0.0880. The Balaban J connectivity index is 1.84. The van der Waals surface area contributed by atoms with Crippen LogP contribution >= 0.6 is 0 Å². The molecule has 1 N–H and O–H groups in total. The van der Waals surface area contributed by atoms with Crippen molar-refractivity contribution < 1.29 is 13.6 Å². The number of nitrogens with zero attached hydrogens (tertiary/aromatic N) is 2. The third-order valence-electron chi connectivity index (χ3n) is 3.59. The Morgan fingerprint density at radius 3 is 2.55 bits per heavy atom. The lowest BCUT2D eigenvalue weighted by Gasteiger charge is -2.36. The van der Waals surface area contributed by atoms with Crippen molar-refractivity contribution in [2.45, 2.75) is 26.2 Å². The quantitative estimate of drug-likeness (QED) is 0.927. The highest BCUT2D eigenvalue weighted by Crippen LogP contribution is 2.15. The first-order valence-corrected chi connectivity index (χ1v) is 7.49. The number of anilines is 1. The summed E-state index contributed by atoms with van der Waals surface area (Å²) in [6.45, 7) is 5.38. The van der Waals surface area contributed by atoms with E-state index in [1.165, 1.54) is 0 Å². The number of benzene rings is 1. The lowest BCUT2D eigenvalue weighted by Crippen LogP contribution is -2.52. The summed E-state index contributed by atoms with van der Waals surface area (Å²) >= 11 is 0. The summed E-state index contributed by atoms with van der Waals surface area (Å²) in [6.07, 6.45) is 0. The minimum Gasteiger partial charge on any atom is -0.322 e. The van der Waals surface area contributed by atoms with E-state index in [1.54, 1.807) is 43.0 Å². The highest BCUT2D eigenvalue weighted by molar-refractivity contribution is 5.89. The average molecular weight is 311 g/mol. The summed E-state index contributed by atoms with van der Waals surface area (Å²) in [4.78, 5) is 15.9. The van der Waals surface area contributed by atoms with Gasteiger partial charge in [0.1, 0.15) is 12.3 Å². The van der Waals surface area contributed by atoms with Gasteiger partial charge in [-0.2, -0.15) is 0 Å². The van der Waals surface area contributed by atoms with Crippen LogP contribution in [0.4, 0.5) is 19.3 Å². The second-order valence-corrected chi connectivity index (χ2v) is 6.25. The van der Waals surface area contributed by atoms with Crippen LogP contribution in [0.1, 0.15) is 19.4 Å². The third kappa shape index (κ3) is 4.94. The first kappa shape index (κ1) is 16.7. The minimum atomic E-state index is -1.22. The summed E-state index contributed by atoms with van der Waals surface area (Å²) < 4.78 is 26.2. The fourth-order valence-electron chi connectivity index (χ4n) is 2.58. The van der Waals surface area contributed by atoms with Crippen molar-refractivity contribution in [1.82, 2.24) is 9.80 Å². The van der Waals surface area contributed by atoms with E-state index < -0.39 is 12.3 Å². The van der Waals surface area contributed by atoms with Gasteiger partial charge in [-0.1, -0.05) is 12.1 Å². The fraction of sp³-hybridized carbons (Fsp3) is 0.562. The van der Waals surface area contributed by atoms with Crippen LogP contribution in [0.25, 0.3) is 0 Å². The molecule has 4 nitrogen and oxygen atoms in total. The van der Waals surface area contributed by atoms with Gasteiger partial charge in [-0.25, -0.2) is 13.6 Å². The number of alkyl halides is 2. The van der Waals surface area contributed by atoms with Gasteiger partial charge in [0.2, 0.25) is 0 Å². The van der Waals surface area contributed by atoms with Gasteiger partial charge in [-0.05, 0) is 31.5 Å². The molecule has 1 aromatic rings. The molecule has 22 heavy (non-hydrogen) atoms. The predicted molar refractivity (Wildman–Crippen MR) is 83.5 cm³/mol. The summed E-state index contributed by atoms with van der Waals surface area (Å²) in [6, 6.07) is 6.55. The van der Waals surface area contributed by atoms with Gasteiger partial charge in [0, 0.05) is 38.4 Å². The summed E-state index contributed by atoms with van der Waals surface area (Å²) in [7, 11) is 0. The summed E-state index contributed by atoms with van der Waals surface area (Å²) in [5.41, 5.74) is -0.0997. The van der Waals surface area contributed by atoms with E-state index in [1.807, 2.05) is 4.90 Å². The Hall–Kier alpha value is -1.69. The average Bonchev–Trinajstić information content (AvgIpc) is 2.46. The molecule has 122 valence electrons. The highest BCUT2D eigenvalue weighted by atomic mass is 19.1. The Morgan fingerprint density at radius 1 is 1.27 bits per heavy atom. The highest BCUT2D eigenvalue weighted by Gasteiger charge is 2.26. The van der Waals surface area contributed by atoms with Crippen LogP contribution in [0, 0.1) is 0 Å². The van der Waals surface area contributed by atoms with Gasteiger partial charge in [-0.3, -0.25) is 4.90 Å². The van der Waals surface area contributed by atoms with Crippen LogP contribution in [0.15, 0.2) is 24.3 Å². The van der Waals surface area contributed by atoms with E-state index in [4.69, 9.17) is 0 Å². The number of urea groups is 1. The Morgan fingerprint density at radius 2 is 1.95 bits per heavy atom. The van der Waals surface area contributed by atoms with Gasteiger partial charge < -0.3 is 10.2 Å². The molecule has 0 atom stereocenters. The maximum atomic E-state index is 13.6. The molecule has 1 saturated heterocycles. The molecule has 1 aromatic carbocycles. The molecular formula is C16H23F2N3O. The van der Waals surface area contributed by atoms with Gasteiger partial charge in [-0.15, -0.1) is 0 Å². The number of nitrogens with one attached hydrogen (secondary N) is 1. The van der Waals surface area contributed by atoms with E-state index in [-0.39, 0.29) is 6.03 Å². The molecule has 1 heterocycles. The SMILES string of the molecule is CC(C)(F)CN1CCN(C(=O)Nc2cccc(CF)c2)CC1. The van der Waals surface area contributed by atoms with Crippen molar-refractivity contribution >= 4 is 11.7 Å². The first-order valence-electron chi connectivity index (χ1n) is 7.49. The number of carbonyl (C=O) groups excluding carboxylic acids is 1. The van der Waals surface area contributed by atoms with E-state index in [0.717, 1.165) is 0 Å². The molecule has 1 aliphatic rings. The van der Waals surface area contributed by atoms with Crippen LogP contribution in [-0.4, -0.2) is 54.2 Å². The molecule has 0 unspecified atom stereocenters. The fourth-order valence-corrected chi connectivity index (χ4v) is 2.58. The number of rotatable bonds is 4. The maximum absolute atomic E-state index is 13.6. The number of piperazine rings is 1. The molecule has 1 fully saturated rings. The Labute approximate surface area is 130 Å². The predicted octanol–water partition coefficient (Wildman–Crippen LogP) is 3.05. The zero-order valence-corrected chi connectivity index (χ0v) is 13.1. The monoisotopic (exact) mass is 311 g/mol. The number of carbonyl (C=O) groups is 1. The second kappa shape index (κ2) is 7.05. The van der Waals surface area contributed by atoms with Crippen LogP contribution in [-0.2, 0) is 6.67 Å². The number of hydrogen-bond acceptors (Lipinski definition) is 2. The van der Waals surface area contributed by atoms with Crippen LogP contribution in [0.5, 0.6) is 0 Å². The third-order valence-corrected chi connectivity index (χ3v) is 3.59.